The summed E-state index contributed by atoms with van der Waals surface area (Å²) in [5.41, 5.74) is 7.01. The monoisotopic (exact) mass is 235 g/mol. The van der Waals surface area contributed by atoms with Crippen molar-refractivity contribution in [3.05, 3.63) is 23.8 Å². The molecule has 1 aromatic carbocycles. The number of nitrogens with two attached hydrogens (primary N) is 1. The van der Waals surface area contributed by atoms with Gasteiger partial charge in [0, 0.05) is 17.7 Å². The molecule has 1 aliphatic rings. The summed E-state index contributed by atoms with van der Waals surface area (Å²) >= 11 is 0. The Kier molecular flexibility index (Phi) is 3.89. The maximum absolute atomic E-state index is 6.05. The molecule has 1 aliphatic carbocycles. The molecule has 2 rings (SSSR count). The summed E-state index contributed by atoms with van der Waals surface area (Å²) in [6.07, 6.45) is 5.18. The molecule has 17 heavy (non-hydrogen) atoms. The topological polar surface area (TPSA) is 44.5 Å². The van der Waals surface area contributed by atoms with Gasteiger partial charge in [-0.15, -0.1) is 0 Å². The number of rotatable bonds is 4. The van der Waals surface area contributed by atoms with Crippen molar-refractivity contribution >= 4 is 0 Å². The van der Waals surface area contributed by atoms with E-state index in [1.54, 1.807) is 7.11 Å². The van der Waals surface area contributed by atoms with E-state index in [9.17, 15) is 0 Å². The normalized spacial score (nSPS) is 18.1. The molecule has 0 spiro atoms. The zero-order valence-corrected chi connectivity index (χ0v) is 10.6. The molecule has 3 nitrogen and oxygen atoms in total. The zero-order valence-electron chi connectivity index (χ0n) is 10.6. The van der Waals surface area contributed by atoms with Gasteiger partial charge in [0.2, 0.25) is 0 Å². The fraction of sp³-hybridized carbons (Fsp3) is 0.571. The maximum Gasteiger partial charge on any atom is 0.128 e. The molecule has 0 heterocycles. The molecule has 0 radical (unpaired) electrons. The lowest BCUT2D eigenvalue weighted by molar-refractivity contribution is 0.206. The van der Waals surface area contributed by atoms with Crippen LogP contribution < -0.4 is 15.2 Å². The van der Waals surface area contributed by atoms with Crippen LogP contribution in [0.2, 0.25) is 0 Å². The summed E-state index contributed by atoms with van der Waals surface area (Å²) in [6, 6.07) is 5.85. The lowest BCUT2D eigenvalue weighted by atomic mass is 10.1. The first-order chi connectivity index (χ1) is 8.20. The van der Waals surface area contributed by atoms with Crippen LogP contribution in [0.3, 0.4) is 0 Å². The van der Waals surface area contributed by atoms with Gasteiger partial charge in [0.15, 0.2) is 0 Å². The van der Waals surface area contributed by atoms with E-state index in [4.69, 9.17) is 15.2 Å². The van der Waals surface area contributed by atoms with E-state index in [-0.39, 0.29) is 6.04 Å². The summed E-state index contributed by atoms with van der Waals surface area (Å²) in [7, 11) is 1.67. The van der Waals surface area contributed by atoms with E-state index in [0.717, 1.165) is 29.9 Å². The quantitative estimate of drug-likeness (QED) is 0.872. The molecule has 94 valence electrons. The van der Waals surface area contributed by atoms with Gasteiger partial charge in [-0.3, -0.25) is 0 Å². The highest BCUT2D eigenvalue weighted by atomic mass is 16.5. The maximum atomic E-state index is 6.05. The van der Waals surface area contributed by atoms with Crippen LogP contribution in [0, 0.1) is 0 Å². The van der Waals surface area contributed by atoms with Crippen LogP contribution in [0.5, 0.6) is 11.5 Å². The SMILES string of the molecule is COc1ccc([C@@H](C)N)c(OC2CCCC2)c1. The van der Waals surface area contributed by atoms with Crippen LogP contribution in [0.25, 0.3) is 0 Å². The van der Waals surface area contributed by atoms with Gasteiger partial charge in [-0.25, -0.2) is 0 Å². The summed E-state index contributed by atoms with van der Waals surface area (Å²) in [5.74, 6) is 1.70. The Morgan fingerprint density at radius 3 is 2.59 bits per heavy atom. The molecule has 0 saturated heterocycles. The van der Waals surface area contributed by atoms with Crippen molar-refractivity contribution in [2.24, 2.45) is 5.73 Å². The van der Waals surface area contributed by atoms with Crippen molar-refractivity contribution in [3.63, 3.8) is 0 Å². The number of benzene rings is 1. The minimum absolute atomic E-state index is 0.0164. The third kappa shape index (κ3) is 2.91. The average molecular weight is 235 g/mol. The van der Waals surface area contributed by atoms with Gasteiger partial charge in [-0.2, -0.15) is 0 Å². The fourth-order valence-corrected chi connectivity index (χ4v) is 2.31. The third-order valence-electron chi connectivity index (χ3n) is 3.31. The van der Waals surface area contributed by atoms with Gasteiger partial charge in [0.25, 0.3) is 0 Å². The average Bonchev–Trinajstić information content (AvgIpc) is 2.81. The molecule has 0 unspecified atom stereocenters. The van der Waals surface area contributed by atoms with Crippen LogP contribution in [0.15, 0.2) is 18.2 Å². The first kappa shape index (κ1) is 12.2. The molecule has 1 aromatic rings. The van der Waals surface area contributed by atoms with Gasteiger partial charge in [0.1, 0.15) is 11.5 Å². The van der Waals surface area contributed by atoms with Crippen LogP contribution in [-0.2, 0) is 0 Å². The first-order valence-electron chi connectivity index (χ1n) is 6.31. The molecule has 0 bridgehead atoms. The molecule has 1 saturated carbocycles. The fourth-order valence-electron chi connectivity index (χ4n) is 2.31. The second kappa shape index (κ2) is 5.41. The molecule has 0 aliphatic heterocycles. The highest BCUT2D eigenvalue weighted by Crippen LogP contribution is 2.32. The van der Waals surface area contributed by atoms with Crippen LogP contribution >= 0.6 is 0 Å². The molecular formula is C14H21NO2. The Hall–Kier alpha value is -1.22. The lowest BCUT2D eigenvalue weighted by Gasteiger charge is -2.19. The predicted molar refractivity (Wildman–Crippen MR) is 68.5 cm³/mol. The Labute approximate surface area is 103 Å². The van der Waals surface area contributed by atoms with E-state index < -0.39 is 0 Å². The Bertz CT molecular complexity index is 370. The highest BCUT2D eigenvalue weighted by Gasteiger charge is 2.19. The molecule has 2 N–H and O–H groups in total. The van der Waals surface area contributed by atoms with Crippen molar-refractivity contribution in [2.75, 3.05) is 7.11 Å². The largest absolute Gasteiger partial charge is 0.497 e. The van der Waals surface area contributed by atoms with Crippen molar-refractivity contribution in [3.8, 4) is 11.5 Å². The van der Waals surface area contributed by atoms with Crippen molar-refractivity contribution in [1.29, 1.82) is 0 Å². The van der Waals surface area contributed by atoms with Gasteiger partial charge < -0.3 is 15.2 Å². The lowest BCUT2D eigenvalue weighted by Crippen LogP contribution is -2.14. The minimum Gasteiger partial charge on any atom is -0.497 e. The van der Waals surface area contributed by atoms with E-state index in [0.29, 0.717) is 6.10 Å². The van der Waals surface area contributed by atoms with Gasteiger partial charge in [0.05, 0.1) is 13.2 Å². The molecule has 1 atom stereocenters. The first-order valence-corrected chi connectivity index (χ1v) is 6.31. The Balaban J connectivity index is 2.21. The number of hydrogen-bond acceptors (Lipinski definition) is 3. The van der Waals surface area contributed by atoms with Gasteiger partial charge in [-0.1, -0.05) is 6.07 Å². The van der Waals surface area contributed by atoms with Gasteiger partial charge in [-0.05, 0) is 38.7 Å². The van der Waals surface area contributed by atoms with E-state index in [2.05, 4.69) is 0 Å². The molecule has 0 amide bonds. The van der Waals surface area contributed by atoms with Crippen LogP contribution in [0.4, 0.5) is 0 Å². The third-order valence-corrected chi connectivity index (χ3v) is 3.31. The number of methoxy groups -OCH3 is 1. The Morgan fingerprint density at radius 1 is 1.29 bits per heavy atom. The highest BCUT2D eigenvalue weighted by molar-refractivity contribution is 5.42. The summed E-state index contributed by atoms with van der Waals surface area (Å²) in [6.45, 7) is 1.98. The summed E-state index contributed by atoms with van der Waals surface area (Å²) in [4.78, 5) is 0. The smallest absolute Gasteiger partial charge is 0.128 e. The summed E-state index contributed by atoms with van der Waals surface area (Å²) in [5, 5.41) is 0. The second-order valence-corrected chi connectivity index (χ2v) is 4.72. The standard InChI is InChI=1S/C14H21NO2/c1-10(15)13-8-7-12(16-2)9-14(13)17-11-5-3-4-6-11/h7-11H,3-6,15H2,1-2H3/t10-/m1/s1. The predicted octanol–water partition coefficient (Wildman–Crippen LogP) is 3.04. The molecular weight excluding hydrogens is 214 g/mol. The zero-order chi connectivity index (χ0) is 12.3. The van der Waals surface area contributed by atoms with Crippen LogP contribution in [-0.4, -0.2) is 13.2 Å². The second-order valence-electron chi connectivity index (χ2n) is 4.72. The van der Waals surface area contributed by atoms with E-state index >= 15 is 0 Å². The van der Waals surface area contributed by atoms with Gasteiger partial charge >= 0.3 is 0 Å². The Morgan fingerprint density at radius 2 is 2.00 bits per heavy atom. The molecule has 3 heteroatoms. The van der Waals surface area contributed by atoms with Crippen molar-refractivity contribution in [1.82, 2.24) is 0 Å². The van der Waals surface area contributed by atoms with E-state index in [1.807, 2.05) is 25.1 Å². The number of ether oxygens (including phenoxy) is 2. The van der Waals surface area contributed by atoms with Crippen LogP contribution in [0.1, 0.15) is 44.2 Å². The molecule has 1 fully saturated rings. The van der Waals surface area contributed by atoms with Crippen molar-refractivity contribution in [2.45, 2.75) is 44.8 Å². The molecule has 0 aromatic heterocycles. The van der Waals surface area contributed by atoms with Crippen molar-refractivity contribution < 1.29 is 9.47 Å². The van der Waals surface area contributed by atoms with E-state index in [1.165, 1.54) is 12.8 Å². The summed E-state index contributed by atoms with van der Waals surface area (Å²) < 4.78 is 11.3. The minimum atomic E-state index is -0.0164. The number of hydrogen-bond donors (Lipinski definition) is 1.